The molecule has 10 nitrogen and oxygen atoms in total. The molecule has 2 aromatic heterocycles. The van der Waals surface area contributed by atoms with Gasteiger partial charge in [0.1, 0.15) is 11.4 Å². The molecule has 0 bridgehead atoms. The van der Waals surface area contributed by atoms with Crippen molar-refractivity contribution >= 4 is 34.6 Å². The van der Waals surface area contributed by atoms with E-state index in [4.69, 9.17) is 0 Å². The minimum Gasteiger partial charge on any atom is -0.381 e. The lowest BCUT2D eigenvalue weighted by Crippen LogP contribution is -2.25. The Balaban J connectivity index is 1.08. The van der Waals surface area contributed by atoms with Crippen LogP contribution in [0.25, 0.3) is 0 Å². The molecule has 10 heteroatoms. The molecule has 0 atom stereocenters. The Hall–Kier alpha value is -5.12. The lowest BCUT2D eigenvalue weighted by Gasteiger charge is -2.09. The first kappa shape index (κ1) is 26.5. The molecule has 0 aliphatic rings. The Labute approximate surface area is 234 Å². The van der Waals surface area contributed by atoms with Gasteiger partial charge in [0.2, 0.25) is 0 Å². The van der Waals surface area contributed by atoms with E-state index in [1.54, 1.807) is 0 Å². The minimum atomic E-state index is 0.741. The number of benzene rings is 3. The fourth-order valence-electron chi connectivity index (χ4n) is 4.13. The zero-order chi connectivity index (χ0) is 27.9. The Bertz CT molecular complexity index is 1450. The highest BCUT2D eigenvalue weighted by Gasteiger charge is 2.11. The second kappa shape index (κ2) is 12.2. The molecule has 40 heavy (non-hydrogen) atoms. The van der Waals surface area contributed by atoms with Crippen LogP contribution in [0.15, 0.2) is 118 Å². The van der Waals surface area contributed by atoms with Gasteiger partial charge in [-0.15, -0.1) is 0 Å². The Morgan fingerprint density at radius 3 is 1.25 bits per heavy atom. The number of azo groups is 2. The standard InChI is InChI=1S/C30H32N10/c1-37-17-18-38(2)29(37)35-33-27-13-9-25(10-14-27)31-21-23-5-7-24(8-6-23)22-32-26-11-15-28(16-12-26)34-36-30-39(3)19-20-40(30)4/h5-20H,21-22H2,1-4H3/p+2. The van der Waals surface area contributed by atoms with Gasteiger partial charge in [-0.1, -0.05) is 34.5 Å². The van der Waals surface area contributed by atoms with Crippen LogP contribution in [0.3, 0.4) is 0 Å². The SMILES string of the molecule is Cn1cc[n+](C)c1/N=N/c1ccc(NCc2ccc(CNc3ccc(/N=N/c4n(C)cc[n+]4C)cc3)cc2)cc1. The van der Waals surface area contributed by atoms with Crippen LogP contribution in [0, 0.1) is 0 Å². The third kappa shape index (κ3) is 6.65. The predicted molar refractivity (Wildman–Crippen MR) is 156 cm³/mol. The summed E-state index contributed by atoms with van der Waals surface area (Å²) in [5, 5.41) is 24.3. The van der Waals surface area contributed by atoms with Crippen LogP contribution >= 0.6 is 0 Å². The first-order chi connectivity index (χ1) is 19.4. The quantitative estimate of drug-likeness (QED) is 0.168. The van der Waals surface area contributed by atoms with E-state index in [9.17, 15) is 0 Å². The summed E-state index contributed by atoms with van der Waals surface area (Å²) in [5.41, 5.74) is 6.12. The zero-order valence-corrected chi connectivity index (χ0v) is 23.2. The van der Waals surface area contributed by atoms with Gasteiger partial charge in [0.15, 0.2) is 0 Å². The lowest BCUT2D eigenvalue weighted by molar-refractivity contribution is -0.657. The van der Waals surface area contributed by atoms with E-state index in [1.165, 1.54) is 11.1 Å². The molecule has 2 N–H and O–H groups in total. The highest BCUT2D eigenvalue weighted by atomic mass is 15.3. The van der Waals surface area contributed by atoms with Crippen LogP contribution in [-0.2, 0) is 41.3 Å². The van der Waals surface area contributed by atoms with E-state index in [-0.39, 0.29) is 0 Å². The van der Waals surface area contributed by atoms with E-state index in [2.05, 4.69) is 55.4 Å². The second-order valence-corrected chi connectivity index (χ2v) is 9.66. The molecule has 0 aliphatic carbocycles. The van der Waals surface area contributed by atoms with Crippen molar-refractivity contribution in [1.82, 2.24) is 9.13 Å². The predicted octanol–water partition coefficient (Wildman–Crippen LogP) is 6.07. The molecule has 0 fully saturated rings. The number of imidazole rings is 2. The molecular formula is C30H34N10+2. The number of hydrogen-bond donors (Lipinski definition) is 2. The molecule has 0 amide bonds. The molecule has 3 aromatic carbocycles. The van der Waals surface area contributed by atoms with Gasteiger partial charge in [-0.2, -0.15) is 0 Å². The number of hydrogen-bond acceptors (Lipinski definition) is 6. The maximum atomic E-state index is 4.35. The molecule has 5 aromatic rings. The first-order valence-corrected chi connectivity index (χ1v) is 13.1. The van der Waals surface area contributed by atoms with Gasteiger partial charge < -0.3 is 10.6 Å². The van der Waals surface area contributed by atoms with Crippen molar-refractivity contribution in [3.05, 3.63) is 109 Å². The van der Waals surface area contributed by atoms with Crippen molar-refractivity contribution in [2.24, 2.45) is 48.6 Å². The van der Waals surface area contributed by atoms with E-state index < -0.39 is 0 Å². The van der Waals surface area contributed by atoms with Crippen molar-refractivity contribution in [2.45, 2.75) is 13.1 Å². The molecule has 2 heterocycles. The van der Waals surface area contributed by atoms with Crippen LogP contribution in [0.4, 0.5) is 34.6 Å². The monoisotopic (exact) mass is 534 g/mol. The van der Waals surface area contributed by atoms with Gasteiger partial charge >= 0.3 is 11.9 Å². The van der Waals surface area contributed by atoms with Gasteiger partial charge in [0, 0.05) is 34.7 Å². The van der Waals surface area contributed by atoms with Gasteiger partial charge in [-0.3, -0.25) is 0 Å². The lowest BCUT2D eigenvalue weighted by atomic mass is 10.1. The number of anilines is 2. The molecule has 202 valence electrons. The molecule has 0 aliphatic heterocycles. The molecule has 0 spiro atoms. The average Bonchev–Trinajstić information content (AvgIpc) is 3.48. The van der Waals surface area contributed by atoms with Gasteiger partial charge in [-0.05, 0) is 59.7 Å². The number of aryl methyl sites for hydroxylation is 4. The van der Waals surface area contributed by atoms with E-state index in [0.29, 0.717) is 0 Å². The zero-order valence-electron chi connectivity index (χ0n) is 23.2. The fourth-order valence-corrected chi connectivity index (χ4v) is 4.13. The van der Waals surface area contributed by atoms with Crippen molar-refractivity contribution in [3.63, 3.8) is 0 Å². The summed E-state index contributed by atoms with van der Waals surface area (Å²) in [6.07, 6.45) is 7.80. The smallest absolute Gasteiger partial charge is 0.381 e. The Morgan fingerprint density at radius 1 is 0.550 bits per heavy atom. The molecule has 0 unspecified atom stereocenters. The molecule has 0 radical (unpaired) electrons. The molecule has 5 rings (SSSR count). The summed E-state index contributed by atoms with van der Waals surface area (Å²) < 4.78 is 7.72. The second-order valence-electron chi connectivity index (χ2n) is 9.66. The van der Waals surface area contributed by atoms with Crippen LogP contribution in [0.1, 0.15) is 11.1 Å². The van der Waals surface area contributed by atoms with Gasteiger partial charge in [0.25, 0.3) is 0 Å². The summed E-state index contributed by atoms with van der Waals surface area (Å²) in [4.78, 5) is 0. The third-order valence-corrected chi connectivity index (χ3v) is 6.55. The highest BCUT2D eigenvalue weighted by Crippen LogP contribution is 2.21. The minimum absolute atomic E-state index is 0.741. The Morgan fingerprint density at radius 2 is 0.925 bits per heavy atom. The third-order valence-electron chi connectivity index (χ3n) is 6.55. The van der Waals surface area contributed by atoms with Crippen molar-refractivity contribution < 1.29 is 9.13 Å². The number of nitrogens with one attached hydrogen (secondary N) is 2. The summed E-state index contributed by atoms with van der Waals surface area (Å²) in [6.45, 7) is 1.48. The van der Waals surface area contributed by atoms with E-state index in [0.717, 1.165) is 47.7 Å². The van der Waals surface area contributed by atoms with Gasteiger partial charge in [-0.25, -0.2) is 18.3 Å². The van der Waals surface area contributed by atoms with E-state index in [1.807, 2.05) is 120 Å². The van der Waals surface area contributed by atoms with Gasteiger partial charge in [0.05, 0.1) is 53.0 Å². The molecule has 0 saturated carbocycles. The van der Waals surface area contributed by atoms with Crippen LogP contribution in [-0.4, -0.2) is 9.13 Å². The fraction of sp³-hybridized carbons (Fsp3) is 0.200. The number of rotatable bonds is 10. The van der Waals surface area contributed by atoms with Crippen LogP contribution in [0.5, 0.6) is 0 Å². The first-order valence-electron chi connectivity index (χ1n) is 13.1. The largest absolute Gasteiger partial charge is 0.421 e. The summed E-state index contributed by atoms with van der Waals surface area (Å²) in [5.74, 6) is 1.57. The summed E-state index contributed by atoms with van der Waals surface area (Å²) >= 11 is 0. The van der Waals surface area contributed by atoms with Crippen molar-refractivity contribution in [2.75, 3.05) is 10.6 Å². The highest BCUT2D eigenvalue weighted by molar-refractivity contribution is 5.52. The van der Waals surface area contributed by atoms with Crippen molar-refractivity contribution in [3.8, 4) is 0 Å². The summed E-state index contributed by atoms with van der Waals surface area (Å²) in [7, 11) is 7.80. The number of aromatic nitrogens is 4. The number of nitrogens with zero attached hydrogens (tertiary/aromatic N) is 8. The van der Waals surface area contributed by atoms with Crippen molar-refractivity contribution in [1.29, 1.82) is 0 Å². The Kier molecular flexibility index (Phi) is 8.05. The van der Waals surface area contributed by atoms with Crippen LogP contribution in [0.2, 0.25) is 0 Å². The van der Waals surface area contributed by atoms with E-state index >= 15 is 0 Å². The topological polar surface area (TPSA) is 91.1 Å². The van der Waals surface area contributed by atoms with Crippen LogP contribution < -0.4 is 19.8 Å². The molecule has 0 saturated heterocycles. The maximum Gasteiger partial charge on any atom is 0.421 e. The molecular weight excluding hydrogens is 500 g/mol. The normalized spacial score (nSPS) is 11.5. The average molecular weight is 535 g/mol. The maximum absolute atomic E-state index is 4.35. The summed E-state index contributed by atoms with van der Waals surface area (Å²) in [6, 6.07) is 24.5.